The first kappa shape index (κ1) is 14.5. The van der Waals surface area contributed by atoms with Crippen LogP contribution in [0.3, 0.4) is 0 Å². The average molecular weight is 321 g/mol. The number of aryl methyl sites for hydroxylation is 2. The van der Waals surface area contributed by atoms with Crippen molar-refractivity contribution in [1.29, 1.82) is 0 Å². The van der Waals surface area contributed by atoms with Gasteiger partial charge in [0.1, 0.15) is 5.82 Å². The van der Waals surface area contributed by atoms with Crippen LogP contribution in [0, 0.1) is 19.7 Å². The van der Waals surface area contributed by atoms with Gasteiger partial charge in [0.25, 0.3) is 15.7 Å². The van der Waals surface area contributed by atoms with Gasteiger partial charge in [0.05, 0.1) is 27.9 Å². The van der Waals surface area contributed by atoms with Crippen LogP contribution in [0.1, 0.15) is 11.3 Å². The lowest BCUT2D eigenvalue weighted by Crippen LogP contribution is -2.13. The van der Waals surface area contributed by atoms with Gasteiger partial charge < -0.3 is 4.52 Å². The quantitative estimate of drug-likeness (QED) is 0.802. The lowest BCUT2D eigenvalue weighted by molar-refractivity contribution is 0.443. The van der Waals surface area contributed by atoms with Crippen molar-refractivity contribution in [2.75, 3.05) is 4.72 Å². The minimum absolute atomic E-state index is 0.146. The van der Waals surface area contributed by atoms with Gasteiger partial charge in [0.2, 0.25) is 0 Å². The van der Waals surface area contributed by atoms with Crippen LogP contribution in [0.25, 0.3) is 11.1 Å². The number of pyridine rings is 1. The molecule has 3 aromatic rings. The highest BCUT2D eigenvalue weighted by Gasteiger charge is 2.17. The molecule has 2 heterocycles. The third-order valence-corrected chi connectivity index (χ3v) is 4.45. The van der Waals surface area contributed by atoms with Gasteiger partial charge in [-0.1, -0.05) is 5.16 Å². The molecule has 6 nitrogen and oxygen atoms in total. The normalized spacial score (nSPS) is 11.8. The third kappa shape index (κ3) is 2.64. The topological polar surface area (TPSA) is 85.1 Å². The van der Waals surface area contributed by atoms with E-state index < -0.39 is 15.8 Å². The molecule has 0 spiro atoms. The van der Waals surface area contributed by atoms with Crippen molar-refractivity contribution in [2.45, 2.75) is 18.7 Å². The van der Waals surface area contributed by atoms with Crippen molar-refractivity contribution >= 4 is 26.8 Å². The number of rotatable bonds is 3. The molecule has 0 fully saturated rings. The Hall–Kier alpha value is -2.48. The predicted molar refractivity (Wildman–Crippen MR) is 78.5 cm³/mol. The van der Waals surface area contributed by atoms with Crippen molar-refractivity contribution in [3.63, 3.8) is 0 Å². The SMILES string of the molecule is Cc1cc(F)cc(S(=O)(=O)Nc2cnc3onc(C)c3c2)c1. The van der Waals surface area contributed by atoms with Gasteiger partial charge >= 0.3 is 0 Å². The molecule has 22 heavy (non-hydrogen) atoms. The van der Waals surface area contributed by atoms with Gasteiger partial charge in [-0.15, -0.1) is 0 Å². The fraction of sp³-hybridized carbons (Fsp3) is 0.143. The van der Waals surface area contributed by atoms with Gasteiger partial charge in [-0.2, -0.15) is 0 Å². The van der Waals surface area contributed by atoms with E-state index in [1.54, 1.807) is 19.9 Å². The highest BCUT2D eigenvalue weighted by Crippen LogP contribution is 2.22. The number of hydrogen-bond donors (Lipinski definition) is 1. The second-order valence-electron chi connectivity index (χ2n) is 4.91. The zero-order chi connectivity index (χ0) is 15.9. The molecule has 0 aliphatic rings. The maximum atomic E-state index is 13.4. The zero-order valence-electron chi connectivity index (χ0n) is 11.8. The maximum absolute atomic E-state index is 13.4. The van der Waals surface area contributed by atoms with Crippen LogP contribution in [-0.2, 0) is 10.0 Å². The van der Waals surface area contributed by atoms with Crippen LogP contribution in [-0.4, -0.2) is 18.6 Å². The molecule has 0 bridgehead atoms. The Morgan fingerprint density at radius 2 is 1.95 bits per heavy atom. The first-order valence-corrected chi connectivity index (χ1v) is 7.85. The van der Waals surface area contributed by atoms with E-state index in [-0.39, 0.29) is 10.6 Å². The van der Waals surface area contributed by atoms with Crippen molar-refractivity contribution < 1.29 is 17.3 Å². The largest absolute Gasteiger partial charge is 0.336 e. The summed E-state index contributed by atoms with van der Waals surface area (Å²) in [7, 11) is -3.90. The number of anilines is 1. The highest BCUT2D eigenvalue weighted by molar-refractivity contribution is 7.92. The molecule has 0 saturated heterocycles. The van der Waals surface area contributed by atoms with E-state index >= 15 is 0 Å². The number of hydrogen-bond acceptors (Lipinski definition) is 5. The fourth-order valence-electron chi connectivity index (χ4n) is 2.07. The van der Waals surface area contributed by atoms with E-state index in [9.17, 15) is 12.8 Å². The number of benzene rings is 1. The molecule has 2 aromatic heterocycles. The number of nitrogens with zero attached hydrogens (tertiary/aromatic N) is 2. The summed E-state index contributed by atoms with van der Waals surface area (Å²) in [6.07, 6.45) is 1.32. The molecule has 114 valence electrons. The summed E-state index contributed by atoms with van der Waals surface area (Å²) in [4.78, 5) is 3.84. The third-order valence-electron chi connectivity index (χ3n) is 3.09. The van der Waals surface area contributed by atoms with E-state index in [4.69, 9.17) is 4.52 Å². The van der Waals surface area contributed by atoms with E-state index in [0.29, 0.717) is 22.4 Å². The molecule has 8 heteroatoms. The highest BCUT2D eigenvalue weighted by atomic mass is 32.2. The van der Waals surface area contributed by atoms with Crippen LogP contribution in [0.15, 0.2) is 39.9 Å². The van der Waals surface area contributed by atoms with Crippen LogP contribution in [0.4, 0.5) is 10.1 Å². The lowest BCUT2D eigenvalue weighted by atomic mass is 10.2. The molecule has 0 atom stereocenters. The number of aromatic nitrogens is 2. The van der Waals surface area contributed by atoms with Gasteiger partial charge in [0, 0.05) is 0 Å². The Kier molecular flexibility index (Phi) is 3.32. The Balaban J connectivity index is 2.00. The summed E-state index contributed by atoms with van der Waals surface area (Å²) in [6, 6.07) is 5.18. The molecule has 0 aliphatic carbocycles. The molecule has 0 aliphatic heterocycles. The van der Waals surface area contributed by atoms with Crippen LogP contribution in [0.2, 0.25) is 0 Å². The molecule has 0 saturated carbocycles. The van der Waals surface area contributed by atoms with Crippen molar-refractivity contribution in [2.24, 2.45) is 0 Å². The van der Waals surface area contributed by atoms with Gasteiger partial charge in [-0.25, -0.2) is 17.8 Å². The smallest absolute Gasteiger partial charge is 0.262 e. The summed E-state index contributed by atoms with van der Waals surface area (Å²) in [5, 5.41) is 4.36. The summed E-state index contributed by atoms with van der Waals surface area (Å²) in [6.45, 7) is 3.35. The van der Waals surface area contributed by atoms with Crippen LogP contribution in [0.5, 0.6) is 0 Å². The minimum atomic E-state index is -3.90. The van der Waals surface area contributed by atoms with Crippen molar-refractivity contribution in [3.8, 4) is 0 Å². The van der Waals surface area contributed by atoms with Crippen LogP contribution >= 0.6 is 0 Å². The zero-order valence-corrected chi connectivity index (χ0v) is 12.6. The average Bonchev–Trinajstić information content (AvgIpc) is 2.79. The standard InChI is InChI=1S/C14H12FN3O3S/c1-8-3-10(15)5-12(4-8)22(19,20)18-11-6-13-9(2)17-21-14(13)16-7-11/h3-7,18H,1-2H3. The molecule has 1 aromatic carbocycles. The Labute approximate surface area is 126 Å². The Morgan fingerprint density at radius 1 is 1.18 bits per heavy atom. The predicted octanol–water partition coefficient (Wildman–Crippen LogP) is 2.78. The molecular formula is C14H12FN3O3S. The molecule has 0 unspecified atom stereocenters. The first-order valence-electron chi connectivity index (χ1n) is 6.37. The van der Waals surface area contributed by atoms with Gasteiger partial charge in [-0.05, 0) is 43.7 Å². The lowest BCUT2D eigenvalue weighted by Gasteiger charge is -2.08. The van der Waals surface area contributed by atoms with Crippen molar-refractivity contribution in [1.82, 2.24) is 10.1 Å². The molecule has 1 N–H and O–H groups in total. The minimum Gasteiger partial charge on any atom is -0.336 e. The maximum Gasteiger partial charge on any atom is 0.262 e. The summed E-state index contributed by atoms with van der Waals surface area (Å²) in [5.41, 5.74) is 1.69. The van der Waals surface area contributed by atoms with E-state index in [1.807, 2.05) is 0 Å². The Bertz CT molecular complexity index is 946. The second-order valence-corrected chi connectivity index (χ2v) is 6.60. The number of sulfonamides is 1. The molecule has 3 rings (SSSR count). The van der Waals surface area contributed by atoms with E-state index in [2.05, 4.69) is 14.9 Å². The summed E-state index contributed by atoms with van der Waals surface area (Å²) in [5.74, 6) is -0.608. The molecule has 0 amide bonds. The number of nitrogens with one attached hydrogen (secondary N) is 1. The van der Waals surface area contributed by atoms with Crippen LogP contribution < -0.4 is 4.72 Å². The van der Waals surface area contributed by atoms with E-state index in [0.717, 1.165) is 6.07 Å². The van der Waals surface area contributed by atoms with Gasteiger partial charge in [-0.3, -0.25) is 4.72 Å². The van der Waals surface area contributed by atoms with Gasteiger partial charge in [0.15, 0.2) is 0 Å². The summed E-state index contributed by atoms with van der Waals surface area (Å²) < 4.78 is 45.4. The van der Waals surface area contributed by atoms with E-state index in [1.165, 1.54) is 18.3 Å². The van der Waals surface area contributed by atoms with Crippen molar-refractivity contribution in [3.05, 3.63) is 47.5 Å². The number of halogens is 1. The monoisotopic (exact) mass is 321 g/mol. The summed E-state index contributed by atoms with van der Waals surface area (Å²) >= 11 is 0. The Morgan fingerprint density at radius 3 is 2.68 bits per heavy atom. The number of fused-ring (bicyclic) bond motifs is 1. The molecular weight excluding hydrogens is 309 g/mol. The first-order chi connectivity index (χ1) is 10.3. The second kappa shape index (κ2) is 5.06. The fourth-order valence-corrected chi connectivity index (χ4v) is 3.22. The molecule has 0 radical (unpaired) electrons.